The summed E-state index contributed by atoms with van der Waals surface area (Å²) in [7, 11) is 2.08. The van der Waals surface area contributed by atoms with E-state index in [1.807, 2.05) is 17.7 Å². The fourth-order valence-electron chi connectivity index (χ4n) is 3.26. The second kappa shape index (κ2) is 5.67. The SMILES string of the molecule is Cc1ccccc1-c1c2sc3cc(C(C)C)ccc3c2nc[n+]1C. The molecule has 120 valence electrons. The van der Waals surface area contributed by atoms with Gasteiger partial charge in [-0.1, -0.05) is 44.2 Å². The molecule has 0 aliphatic heterocycles. The molecular weight excluding hydrogens is 312 g/mol. The molecule has 0 amide bonds. The number of rotatable bonds is 2. The Morgan fingerprint density at radius 3 is 2.62 bits per heavy atom. The molecule has 0 saturated carbocycles. The lowest BCUT2D eigenvalue weighted by Gasteiger charge is -2.06. The molecule has 0 saturated heterocycles. The highest BCUT2D eigenvalue weighted by molar-refractivity contribution is 7.26. The zero-order valence-corrected chi connectivity index (χ0v) is 15.3. The maximum absolute atomic E-state index is 4.73. The Bertz CT molecular complexity index is 1060. The van der Waals surface area contributed by atoms with Gasteiger partial charge in [0.05, 0.1) is 7.05 Å². The highest BCUT2D eigenvalue weighted by Crippen LogP contribution is 2.38. The van der Waals surface area contributed by atoms with E-state index in [0.29, 0.717) is 5.92 Å². The van der Waals surface area contributed by atoms with Crippen LogP contribution in [-0.4, -0.2) is 4.98 Å². The van der Waals surface area contributed by atoms with Crippen LogP contribution >= 0.6 is 11.3 Å². The molecule has 4 rings (SSSR count). The minimum absolute atomic E-state index is 0.541. The van der Waals surface area contributed by atoms with Crippen LogP contribution in [0.5, 0.6) is 0 Å². The van der Waals surface area contributed by atoms with Crippen molar-refractivity contribution in [3.8, 4) is 11.3 Å². The van der Waals surface area contributed by atoms with Crippen molar-refractivity contribution in [1.82, 2.24) is 4.98 Å². The molecule has 0 aliphatic carbocycles. The van der Waals surface area contributed by atoms with Crippen molar-refractivity contribution in [3.63, 3.8) is 0 Å². The molecule has 2 aromatic carbocycles. The highest BCUT2D eigenvalue weighted by atomic mass is 32.1. The van der Waals surface area contributed by atoms with Crippen molar-refractivity contribution in [1.29, 1.82) is 0 Å². The number of aryl methyl sites for hydroxylation is 2. The van der Waals surface area contributed by atoms with Gasteiger partial charge in [-0.25, -0.2) is 4.57 Å². The zero-order valence-electron chi connectivity index (χ0n) is 14.5. The zero-order chi connectivity index (χ0) is 16.8. The van der Waals surface area contributed by atoms with Gasteiger partial charge in [0.1, 0.15) is 4.70 Å². The molecule has 0 bridgehead atoms. The summed E-state index contributed by atoms with van der Waals surface area (Å²) in [5.41, 5.74) is 6.33. The number of aromatic nitrogens is 2. The third-order valence-corrected chi connectivity index (χ3v) is 5.83. The lowest BCUT2D eigenvalue weighted by Crippen LogP contribution is -2.31. The normalized spacial score (nSPS) is 11.7. The van der Waals surface area contributed by atoms with Crippen LogP contribution in [0.2, 0.25) is 0 Å². The van der Waals surface area contributed by atoms with Crippen LogP contribution in [0.1, 0.15) is 30.9 Å². The maximum atomic E-state index is 4.73. The summed E-state index contributed by atoms with van der Waals surface area (Å²) >= 11 is 1.85. The van der Waals surface area contributed by atoms with Crippen LogP contribution in [0.3, 0.4) is 0 Å². The smallest absolute Gasteiger partial charge is 0.231 e. The number of hydrogen-bond donors (Lipinski definition) is 0. The summed E-state index contributed by atoms with van der Waals surface area (Å²) in [6.45, 7) is 6.66. The number of nitrogens with zero attached hydrogens (tertiary/aromatic N) is 2. The van der Waals surface area contributed by atoms with Crippen LogP contribution in [-0.2, 0) is 7.05 Å². The summed E-state index contributed by atoms with van der Waals surface area (Å²) in [5, 5.41) is 1.26. The van der Waals surface area contributed by atoms with E-state index in [-0.39, 0.29) is 0 Å². The molecule has 0 unspecified atom stereocenters. The molecule has 2 heterocycles. The predicted octanol–water partition coefficient (Wildman–Crippen LogP) is 5.37. The molecule has 0 fully saturated rings. The summed E-state index contributed by atoms with van der Waals surface area (Å²) in [5.74, 6) is 0.541. The Balaban J connectivity index is 2.09. The van der Waals surface area contributed by atoms with E-state index in [1.54, 1.807) is 0 Å². The Kier molecular flexibility index (Phi) is 3.61. The molecule has 0 spiro atoms. The first-order chi connectivity index (χ1) is 11.6. The molecular formula is C21H21N2S+. The average Bonchev–Trinajstić information content (AvgIpc) is 2.93. The lowest BCUT2D eigenvalue weighted by atomic mass is 10.0. The minimum Gasteiger partial charge on any atom is -0.231 e. The second-order valence-electron chi connectivity index (χ2n) is 6.71. The summed E-state index contributed by atoms with van der Waals surface area (Å²) in [6.07, 6.45) is 1.94. The van der Waals surface area contributed by atoms with Gasteiger partial charge in [-0.3, -0.25) is 0 Å². The van der Waals surface area contributed by atoms with E-state index in [1.165, 1.54) is 37.2 Å². The van der Waals surface area contributed by atoms with Crippen molar-refractivity contribution >= 4 is 31.6 Å². The molecule has 2 aromatic heterocycles. The third kappa shape index (κ3) is 2.31. The first-order valence-corrected chi connectivity index (χ1v) is 9.14. The molecule has 4 aromatic rings. The molecule has 0 N–H and O–H groups in total. The Hall–Kier alpha value is -2.26. The van der Waals surface area contributed by atoms with E-state index in [9.17, 15) is 0 Å². The maximum Gasteiger partial charge on any atom is 0.287 e. The van der Waals surface area contributed by atoms with Gasteiger partial charge < -0.3 is 0 Å². The van der Waals surface area contributed by atoms with Crippen molar-refractivity contribution < 1.29 is 4.57 Å². The second-order valence-corrected chi connectivity index (χ2v) is 7.76. The van der Waals surface area contributed by atoms with Crippen molar-refractivity contribution in [2.45, 2.75) is 26.7 Å². The largest absolute Gasteiger partial charge is 0.287 e. The van der Waals surface area contributed by atoms with E-state index in [2.05, 4.69) is 74.9 Å². The van der Waals surface area contributed by atoms with Gasteiger partial charge in [0.25, 0.3) is 6.33 Å². The molecule has 3 heteroatoms. The Labute approximate surface area is 146 Å². The lowest BCUT2D eigenvalue weighted by molar-refractivity contribution is -0.662. The first-order valence-electron chi connectivity index (χ1n) is 8.33. The number of benzene rings is 2. The third-order valence-electron chi connectivity index (χ3n) is 4.68. The van der Waals surface area contributed by atoms with Crippen molar-refractivity contribution in [2.24, 2.45) is 7.05 Å². The van der Waals surface area contributed by atoms with Gasteiger partial charge in [0.15, 0.2) is 5.69 Å². The van der Waals surface area contributed by atoms with Crippen LogP contribution in [0.15, 0.2) is 48.8 Å². The van der Waals surface area contributed by atoms with Gasteiger partial charge in [-0.15, -0.1) is 11.3 Å². The Morgan fingerprint density at radius 2 is 1.88 bits per heavy atom. The van der Waals surface area contributed by atoms with Gasteiger partial charge in [0.2, 0.25) is 5.52 Å². The number of fused-ring (bicyclic) bond motifs is 3. The monoisotopic (exact) mass is 333 g/mol. The summed E-state index contributed by atoms with van der Waals surface area (Å²) in [6, 6.07) is 15.4. The Morgan fingerprint density at radius 1 is 1.08 bits per heavy atom. The van der Waals surface area contributed by atoms with Crippen LogP contribution in [0.25, 0.3) is 31.6 Å². The van der Waals surface area contributed by atoms with Crippen LogP contribution in [0.4, 0.5) is 0 Å². The fourth-order valence-corrected chi connectivity index (χ4v) is 4.56. The van der Waals surface area contributed by atoms with E-state index in [0.717, 1.165) is 5.52 Å². The number of thiophene rings is 1. The van der Waals surface area contributed by atoms with Gasteiger partial charge in [-0.05, 0) is 41.1 Å². The fraction of sp³-hybridized carbons (Fsp3) is 0.238. The summed E-state index contributed by atoms with van der Waals surface area (Å²) < 4.78 is 4.73. The van der Waals surface area contributed by atoms with E-state index in [4.69, 9.17) is 4.98 Å². The van der Waals surface area contributed by atoms with Crippen LogP contribution < -0.4 is 4.57 Å². The van der Waals surface area contributed by atoms with E-state index >= 15 is 0 Å². The molecule has 0 atom stereocenters. The average molecular weight is 333 g/mol. The van der Waals surface area contributed by atoms with Crippen molar-refractivity contribution in [3.05, 3.63) is 59.9 Å². The topological polar surface area (TPSA) is 16.8 Å². The molecule has 0 radical (unpaired) electrons. The molecule has 2 nitrogen and oxygen atoms in total. The van der Waals surface area contributed by atoms with Gasteiger partial charge in [0, 0.05) is 15.6 Å². The first kappa shape index (κ1) is 15.3. The standard InChI is InChI=1S/C21H21N2S/c1-13(2)15-9-10-17-18(11-15)24-21-19(17)22-12-23(4)20(21)16-8-6-5-7-14(16)3/h5-13H,1-4H3/q+1. The quantitative estimate of drug-likeness (QED) is 0.450. The molecule has 24 heavy (non-hydrogen) atoms. The highest BCUT2D eigenvalue weighted by Gasteiger charge is 2.21. The predicted molar refractivity (Wildman–Crippen MR) is 103 cm³/mol. The van der Waals surface area contributed by atoms with Crippen molar-refractivity contribution in [2.75, 3.05) is 0 Å². The van der Waals surface area contributed by atoms with E-state index < -0.39 is 0 Å². The number of hydrogen-bond acceptors (Lipinski definition) is 2. The van der Waals surface area contributed by atoms with Crippen LogP contribution in [0, 0.1) is 6.92 Å². The minimum atomic E-state index is 0.541. The van der Waals surface area contributed by atoms with Gasteiger partial charge >= 0.3 is 0 Å². The summed E-state index contributed by atoms with van der Waals surface area (Å²) in [4.78, 5) is 4.73. The van der Waals surface area contributed by atoms with Gasteiger partial charge in [-0.2, -0.15) is 0 Å². The molecule has 0 aliphatic rings.